The number of nitrogens with one attached hydrogen (secondary N) is 1. The highest BCUT2D eigenvalue weighted by Crippen LogP contribution is 2.30. The van der Waals surface area contributed by atoms with Crippen LogP contribution in [-0.2, 0) is 10.1 Å². The Morgan fingerprint density at radius 1 is 1.00 bits per heavy atom. The molecule has 0 aliphatic carbocycles. The van der Waals surface area contributed by atoms with E-state index in [1.165, 1.54) is 31.5 Å². The Labute approximate surface area is 185 Å². The number of aryl methyl sites for hydroxylation is 1. The van der Waals surface area contributed by atoms with E-state index in [0.29, 0.717) is 16.1 Å². The second kappa shape index (κ2) is 9.63. The lowest BCUT2D eigenvalue weighted by Crippen LogP contribution is -2.17. The number of amides is 1. The topological polar surface area (TPSA) is 94.1 Å². The van der Waals surface area contributed by atoms with Gasteiger partial charge in [0, 0.05) is 10.6 Å². The number of ether oxygens (including phenoxy) is 1. The zero-order valence-corrected chi connectivity index (χ0v) is 18.3. The number of hydrogen-bond acceptors (Lipinski definition) is 6. The summed E-state index contributed by atoms with van der Waals surface area (Å²) in [6.45, 7) is 1.86. The molecule has 3 aromatic carbocycles. The summed E-state index contributed by atoms with van der Waals surface area (Å²) in [4.78, 5) is 12.1. The smallest absolute Gasteiger partial charge is 0.339 e. The molecule has 1 N–H and O–H groups in total. The van der Waals surface area contributed by atoms with Crippen molar-refractivity contribution in [3.63, 3.8) is 0 Å². The summed E-state index contributed by atoms with van der Waals surface area (Å²) in [6, 6.07) is 17.3. The van der Waals surface area contributed by atoms with E-state index in [4.69, 9.17) is 20.5 Å². The van der Waals surface area contributed by atoms with Gasteiger partial charge in [-0.1, -0.05) is 29.3 Å². The van der Waals surface area contributed by atoms with Crippen molar-refractivity contribution >= 4 is 33.8 Å². The molecule has 0 radical (unpaired) electrons. The van der Waals surface area contributed by atoms with Crippen molar-refractivity contribution in [3.8, 4) is 11.5 Å². The second-order valence-electron chi connectivity index (χ2n) is 6.47. The van der Waals surface area contributed by atoms with Gasteiger partial charge in [0.15, 0.2) is 11.5 Å². The maximum atomic E-state index is 12.6. The molecule has 0 fully saturated rings. The number of halogens is 1. The molecule has 3 aromatic rings. The fraction of sp³-hybridized carbons (Fsp3) is 0.0909. The highest BCUT2D eigenvalue weighted by Gasteiger charge is 2.19. The third-order valence-corrected chi connectivity index (χ3v) is 5.68. The monoisotopic (exact) mass is 458 g/mol. The predicted octanol–water partition coefficient (Wildman–Crippen LogP) is 4.19. The van der Waals surface area contributed by atoms with Crippen LogP contribution in [0.3, 0.4) is 0 Å². The molecule has 160 valence electrons. The number of hydrogen-bond donors (Lipinski definition) is 1. The van der Waals surface area contributed by atoms with Crippen LogP contribution in [0, 0.1) is 6.92 Å². The number of carbonyl (C=O) groups excluding carboxylic acids is 1. The van der Waals surface area contributed by atoms with E-state index in [0.717, 1.165) is 5.56 Å². The normalized spacial score (nSPS) is 11.3. The first kappa shape index (κ1) is 22.3. The van der Waals surface area contributed by atoms with Crippen molar-refractivity contribution in [2.24, 2.45) is 5.10 Å². The predicted molar refractivity (Wildman–Crippen MR) is 118 cm³/mol. The standard InChI is InChI=1S/C22H19ClN2O5S/c1-15-3-10-19(11-4-15)31(27,28)30-21-13-16(5-12-20(21)29-2)14-24-25-22(26)17-6-8-18(23)9-7-17/h3-14H,1-2H3,(H,25,26)/b24-14-. The van der Waals surface area contributed by atoms with Crippen molar-refractivity contribution in [3.05, 3.63) is 88.4 Å². The minimum Gasteiger partial charge on any atom is -0.493 e. The van der Waals surface area contributed by atoms with E-state index in [2.05, 4.69) is 10.5 Å². The lowest BCUT2D eigenvalue weighted by molar-refractivity contribution is 0.0955. The van der Waals surface area contributed by atoms with Crippen LogP contribution in [0.25, 0.3) is 0 Å². The Morgan fingerprint density at radius 2 is 1.68 bits per heavy atom. The summed E-state index contributed by atoms with van der Waals surface area (Å²) in [5.41, 5.74) is 4.20. The second-order valence-corrected chi connectivity index (χ2v) is 8.45. The fourth-order valence-electron chi connectivity index (χ4n) is 2.54. The number of hydrazone groups is 1. The summed E-state index contributed by atoms with van der Waals surface area (Å²) in [5.74, 6) is -0.186. The Hall–Kier alpha value is -3.36. The van der Waals surface area contributed by atoms with Gasteiger partial charge in [0.2, 0.25) is 0 Å². The molecule has 0 heterocycles. The van der Waals surface area contributed by atoms with Crippen LogP contribution in [0.4, 0.5) is 0 Å². The first-order valence-corrected chi connectivity index (χ1v) is 10.9. The van der Waals surface area contributed by atoms with E-state index in [-0.39, 0.29) is 16.4 Å². The highest BCUT2D eigenvalue weighted by atomic mass is 35.5. The Balaban J connectivity index is 1.77. The van der Waals surface area contributed by atoms with E-state index < -0.39 is 16.0 Å². The van der Waals surface area contributed by atoms with E-state index in [1.54, 1.807) is 48.5 Å². The third-order valence-electron chi connectivity index (χ3n) is 4.18. The van der Waals surface area contributed by atoms with Crippen LogP contribution in [-0.4, -0.2) is 27.6 Å². The molecule has 0 aliphatic rings. The molecule has 7 nitrogen and oxygen atoms in total. The van der Waals surface area contributed by atoms with Gasteiger partial charge < -0.3 is 8.92 Å². The molecule has 1 amide bonds. The number of carbonyl (C=O) groups is 1. The van der Waals surface area contributed by atoms with Gasteiger partial charge in [-0.3, -0.25) is 4.79 Å². The quantitative estimate of drug-likeness (QED) is 0.325. The maximum Gasteiger partial charge on any atom is 0.339 e. The van der Waals surface area contributed by atoms with E-state index in [9.17, 15) is 13.2 Å². The molecule has 3 rings (SSSR count). The molecule has 0 aliphatic heterocycles. The highest BCUT2D eigenvalue weighted by molar-refractivity contribution is 7.87. The lowest BCUT2D eigenvalue weighted by Gasteiger charge is -2.11. The molecule has 0 aromatic heterocycles. The van der Waals surface area contributed by atoms with Crippen molar-refractivity contribution in [2.75, 3.05) is 7.11 Å². The van der Waals surface area contributed by atoms with Crippen LogP contribution < -0.4 is 14.3 Å². The van der Waals surface area contributed by atoms with E-state index in [1.807, 2.05) is 6.92 Å². The fourth-order valence-corrected chi connectivity index (χ4v) is 3.60. The average Bonchev–Trinajstić information content (AvgIpc) is 2.74. The molecule has 0 spiro atoms. The summed E-state index contributed by atoms with van der Waals surface area (Å²) in [6.07, 6.45) is 1.36. The Morgan fingerprint density at radius 3 is 2.32 bits per heavy atom. The SMILES string of the molecule is COc1ccc(/C=N\NC(=O)c2ccc(Cl)cc2)cc1OS(=O)(=O)c1ccc(C)cc1. The van der Waals surface area contributed by atoms with Crippen LogP contribution in [0.2, 0.25) is 5.02 Å². The van der Waals surface area contributed by atoms with Crippen LogP contribution >= 0.6 is 11.6 Å². The van der Waals surface area contributed by atoms with Crippen LogP contribution in [0.1, 0.15) is 21.5 Å². The Bertz CT molecular complexity index is 1210. The third kappa shape index (κ3) is 5.84. The number of nitrogens with zero attached hydrogens (tertiary/aromatic N) is 1. The zero-order valence-electron chi connectivity index (χ0n) is 16.7. The average molecular weight is 459 g/mol. The molecular weight excluding hydrogens is 440 g/mol. The van der Waals surface area contributed by atoms with Crippen molar-refractivity contribution in [2.45, 2.75) is 11.8 Å². The first-order valence-electron chi connectivity index (χ1n) is 9.06. The molecule has 0 bridgehead atoms. The minimum absolute atomic E-state index is 0.00365. The van der Waals surface area contributed by atoms with Crippen LogP contribution in [0.15, 0.2) is 76.7 Å². The van der Waals surface area contributed by atoms with Gasteiger partial charge in [-0.25, -0.2) is 5.43 Å². The molecule has 31 heavy (non-hydrogen) atoms. The van der Waals surface area contributed by atoms with E-state index >= 15 is 0 Å². The number of methoxy groups -OCH3 is 1. The van der Waals surface area contributed by atoms with Gasteiger partial charge in [0.1, 0.15) is 4.90 Å². The summed E-state index contributed by atoms with van der Waals surface area (Å²) >= 11 is 5.81. The molecular formula is C22H19ClN2O5S. The van der Waals surface area contributed by atoms with Crippen molar-refractivity contribution in [1.29, 1.82) is 0 Å². The zero-order chi connectivity index (χ0) is 22.4. The lowest BCUT2D eigenvalue weighted by atomic mass is 10.2. The van der Waals surface area contributed by atoms with Gasteiger partial charge in [-0.15, -0.1) is 0 Å². The Kier molecular flexibility index (Phi) is 6.94. The summed E-state index contributed by atoms with van der Waals surface area (Å²) < 4.78 is 35.7. The van der Waals surface area contributed by atoms with Gasteiger partial charge in [-0.2, -0.15) is 13.5 Å². The molecule has 0 saturated heterocycles. The molecule has 0 atom stereocenters. The van der Waals surface area contributed by atoms with Gasteiger partial charge >= 0.3 is 10.1 Å². The van der Waals surface area contributed by atoms with Gasteiger partial charge in [-0.05, 0) is 67.1 Å². The summed E-state index contributed by atoms with van der Waals surface area (Å²) in [7, 11) is -2.65. The van der Waals surface area contributed by atoms with Crippen LogP contribution in [0.5, 0.6) is 11.5 Å². The number of benzene rings is 3. The summed E-state index contributed by atoms with van der Waals surface area (Å²) in [5, 5.41) is 4.42. The van der Waals surface area contributed by atoms with Crippen molar-refractivity contribution in [1.82, 2.24) is 5.43 Å². The minimum atomic E-state index is -4.06. The molecule has 9 heteroatoms. The van der Waals surface area contributed by atoms with Gasteiger partial charge in [0.05, 0.1) is 13.3 Å². The molecule has 0 saturated carbocycles. The maximum absolute atomic E-state index is 12.6. The molecule has 0 unspecified atom stereocenters. The largest absolute Gasteiger partial charge is 0.493 e. The number of rotatable bonds is 7. The first-order chi connectivity index (χ1) is 14.8. The van der Waals surface area contributed by atoms with Crippen molar-refractivity contribution < 1.29 is 22.1 Å². The van der Waals surface area contributed by atoms with Gasteiger partial charge in [0.25, 0.3) is 5.91 Å².